The average molecular weight is 275 g/mol. The van der Waals surface area contributed by atoms with E-state index in [9.17, 15) is 5.11 Å². The van der Waals surface area contributed by atoms with Gasteiger partial charge in [-0.1, -0.05) is 25.3 Å². The summed E-state index contributed by atoms with van der Waals surface area (Å²) in [5.41, 5.74) is 1.07. The molecule has 1 aliphatic carbocycles. The minimum atomic E-state index is -0.285. The second-order valence-electron chi connectivity index (χ2n) is 6.44. The van der Waals surface area contributed by atoms with E-state index in [2.05, 4.69) is 4.98 Å². The van der Waals surface area contributed by atoms with Gasteiger partial charge >= 0.3 is 0 Å². The molecule has 2 heterocycles. The normalized spacial score (nSPS) is 27.4. The maximum absolute atomic E-state index is 10.5. The lowest BCUT2D eigenvalue weighted by molar-refractivity contribution is -0.133. The molecule has 1 N–H and O–H groups in total. The summed E-state index contributed by atoms with van der Waals surface area (Å²) in [6.07, 6.45) is 10.5. The predicted octanol–water partition coefficient (Wildman–Crippen LogP) is 3.11. The minimum absolute atomic E-state index is 0.0757. The summed E-state index contributed by atoms with van der Waals surface area (Å²) in [4.78, 5) is 4.33. The third-order valence-corrected chi connectivity index (χ3v) is 4.98. The predicted molar refractivity (Wildman–Crippen MR) is 78.4 cm³/mol. The zero-order chi connectivity index (χ0) is 13.8. The standard InChI is InChI=1S/C17H25NO2/c19-16(12-15-6-2-5-10-18-15)14-7-11-20-17(13-14)8-3-1-4-9-17/h2,5-6,10,14,16,19H,1,3-4,7-9,11-13H2. The van der Waals surface area contributed by atoms with Crippen LogP contribution in [-0.2, 0) is 11.2 Å². The van der Waals surface area contributed by atoms with Gasteiger partial charge in [0.1, 0.15) is 0 Å². The molecule has 1 aromatic heterocycles. The van der Waals surface area contributed by atoms with Crippen LogP contribution < -0.4 is 0 Å². The highest BCUT2D eigenvalue weighted by Crippen LogP contribution is 2.41. The molecule has 1 spiro atoms. The van der Waals surface area contributed by atoms with Gasteiger partial charge in [0.25, 0.3) is 0 Å². The van der Waals surface area contributed by atoms with Gasteiger partial charge in [-0.05, 0) is 43.7 Å². The molecule has 3 nitrogen and oxygen atoms in total. The van der Waals surface area contributed by atoms with Crippen molar-refractivity contribution in [2.75, 3.05) is 6.61 Å². The summed E-state index contributed by atoms with van der Waals surface area (Å²) in [7, 11) is 0. The number of pyridine rings is 1. The Morgan fingerprint density at radius 1 is 1.30 bits per heavy atom. The van der Waals surface area contributed by atoms with Crippen LogP contribution in [-0.4, -0.2) is 28.4 Å². The first kappa shape index (κ1) is 14.0. The maximum atomic E-state index is 10.5. The van der Waals surface area contributed by atoms with Crippen molar-refractivity contribution in [2.24, 2.45) is 5.92 Å². The SMILES string of the molecule is OC(Cc1ccccn1)C1CCOC2(CCCCC2)C1. The van der Waals surface area contributed by atoms with E-state index in [1.165, 1.54) is 32.1 Å². The Bertz CT molecular complexity index is 409. The van der Waals surface area contributed by atoms with Crippen LogP contribution in [0.4, 0.5) is 0 Å². The maximum Gasteiger partial charge on any atom is 0.0686 e. The fourth-order valence-corrected chi connectivity index (χ4v) is 3.84. The lowest BCUT2D eigenvalue weighted by Crippen LogP contribution is -2.44. The molecule has 0 bridgehead atoms. The molecule has 1 saturated carbocycles. The average Bonchev–Trinajstić information content (AvgIpc) is 2.49. The van der Waals surface area contributed by atoms with Gasteiger partial charge < -0.3 is 9.84 Å². The van der Waals surface area contributed by atoms with Crippen LogP contribution in [0.3, 0.4) is 0 Å². The van der Waals surface area contributed by atoms with Gasteiger partial charge in [0.2, 0.25) is 0 Å². The Kier molecular flexibility index (Phi) is 4.37. The number of hydrogen-bond acceptors (Lipinski definition) is 3. The van der Waals surface area contributed by atoms with Crippen LogP contribution in [0.15, 0.2) is 24.4 Å². The second kappa shape index (κ2) is 6.23. The molecule has 20 heavy (non-hydrogen) atoms. The highest BCUT2D eigenvalue weighted by Gasteiger charge is 2.40. The molecule has 2 fully saturated rings. The Morgan fingerprint density at radius 2 is 2.15 bits per heavy atom. The van der Waals surface area contributed by atoms with Crippen LogP contribution in [0.1, 0.15) is 50.6 Å². The van der Waals surface area contributed by atoms with Gasteiger partial charge in [0.05, 0.1) is 11.7 Å². The molecule has 2 unspecified atom stereocenters. The van der Waals surface area contributed by atoms with Crippen LogP contribution in [0.25, 0.3) is 0 Å². The molecule has 110 valence electrons. The first-order valence-corrected chi connectivity index (χ1v) is 7.99. The third kappa shape index (κ3) is 3.21. The minimum Gasteiger partial charge on any atom is -0.392 e. The van der Waals surface area contributed by atoms with E-state index in [0.29, 0.717) is 12.3 Å². The highest BCUT2D eigenvalue weighted by atomic mass is 16.5. The zero-order valence-corrected chi connectivity index (χ0v) is 12.1. The Balaban J connectivity index is 1.61. The van der Waals surface area contributed by atoms with Gasteiger partial charge in [0.15, 0.2) is 0 Å². The molecule has 0 radical (unpaired) electrons. The van der Waals surface area contributed by atoms with E-state index in [1.807, 2.05) is 18.2 Å². The molecule has 2 aliphatic rings. The Morgan fingerprint density at radius 3 is 2.90 bits per heavy atom. The van der Waals surface area contributed by atoms with Crippen molar-refractivity contribution in [3.8, 4) is 0 Å². The molecule has 0 amide bonds. The van der Waals surface area contributed by atoms with Crippen molar-refractivity contribution in [2.45, 2.75) is 63.1 Å². The molecule has 3 heteroatoms. The summed E-state index contributed by atoms with van der Waals surface area (Å²) in [6, 6.07) is 5.90. The molecule has 0 aromatic carbocycles. The third-order valence-electron chi connectivity index (χ3n) is 4.98. The van der Waals surface area contributed by atoms with Crippen molar-refractivity contribution in [1.82, 2.24) is 4.98 Å². The number of aromatic nitrogens is 1. The molecule has 1 aromatic rings. The quantitative estimate of drug-likeness (QED) is 0.921. The van der Waals surface area contributed by atoms with E-state index in [1.54, 1.807) is 6.20 Å². The smallest absolute Gasteiger partial charge is 0.0686 e. The van der Waals surface area contributed by atoms with Crippen LogP contribution in [0.5, 0.6) is 0 Å². The van der Waals surface area contributed by atoms with E-state index in [-0.39, 0.29) is 11.7 Å². The van der Waals surface area contributed by atoms with Gasteiger partial charge in [-0.25, -0.2) is 0 Å². The van der Waals surface area contributed by atoms with Crippen molar-refractivity contribution >= 4 is 0 Å². The fourth-order valence-electron chi connectivity index (χ4n) is 3.84. The molecule has 2 atom stereocenters. The number of nitrogens with zero attached hydrogens (tertiary/aromatic N) is 1. The topological polar surface area (TPSA) is 42.4 Å². The lowest BCUT2D eigenvalue weighted by atomic mass is 9.74. The number of aliphatic hydroxyl groups excluding tert-OH is 1. The van der Waals surface area contributed by atoms with Gasteiger partial charge in [0, 0.05) is 24.9 Å². The molecular weight excluding hydrogens is 250 g/mol. The van der Waals surface area contributed by atoms with E-state index in [4.69, 9.17) is 4.74 Å². The van der Waals surface area contributed by atoms with Crippen LogP contribution >= 0.6 is 0 Å². The lowest BCUT2D eigenvalue weighted by Gasteiger charge is -2.44. The number of aliphatic hydroxyl groups is 1. The van der Waals surface area contributed by atoms with E-state index >= 15 is 0 Å². The Hall–Kier alpha value is -0.930. The number of ether oxygens (including phenoxy) is 1. The summed E-state index contributed by atoms with van der Waals surface area (Å²) in [5.74, 6) is 0.365. The van der Waals surface area contributed by atoms with Gasteiger partial charge in [-0.2, -0.15) is 0 Å². The van der Waals surface area contributed by atoms with Gasteiger partial charge in [-0.15, -0.1) is 0 Å². The zero-order valence-electron chi connectivity index (χ0n) is 12.1. The van der Waals surface area contributed by atoms with E-state index in [0.717, 1.165) is 25.1 Å². The van der Waals surface area contributed by atoms with Crippen molar-refractivity contribution in [3.63, 3.8) is 0 Å². The van der Waals surface area contributed by atoms with Gasteiger partial charge in [-0.3, -0.25) is 4.98 Å². The molecular formula is C17H25NO2. The van der Waals surface area contributed by atoms with Crippen LogP contribution in [0.2, 0.25) is 0 Å². The second-order valence-corrected chi connectivity index (χ2v) is 6.44. The fraction of sp³-hybridized carbons (Fsp3) is 0.706. The summed E-state index contributed by atoms with van der Waals surface area (Å²) < 4.78 is 6.11. The summed E-state index contributed by atoms with van der Waals surface area (Å²) in [6.45, 7) is 0.809. The number of hydrogen-bond donors (Lipinski definition) is 1. The van der Waals surface area contributed by atoms with Crippen molar-refractivity contribution in [1.29, 1.82) is 0 Å². The highest BCUT2D eigenvalue weighted by molar-refractivity contribution is 5.05. The van der Waals surface area contributed by atoms with Crippen LogP contribution in [0, 0.1) is 5.92 Å². The molecule has 1 saturated heterocycles. The monoisotopic (exact) mass is 275 g/mol. The largest absolute Gasteiger partial charge is 0.392 e. The van der Waals surface area contributed by atoms with Crippen molar-refractivity contribution in [3.05, 3.63) is 30.1 Å². The van der Waals surface area contributed by atoms with E-state index < -0.39 is 0 Å². The molecule has 1 aliphatic heterocycles. The molecule has 3 rings (SSSR count). The van der Waals surface area contributed by atoms with Crippen molar-refractivity contribution < 1.29 is 9.84 Å². The summed E-state index contributed by atoms with van der Waals surface area (Å²) in [5, 5.41) is 10.5. The summed E-state index contributed by atoms with van der Waals surface area (Å²) >= 11 is 0. The first-order valence-electron chi connectivity index (χ1n) is 7.99. The Labute approximate surface area is 121 Å². The number of rotatable bonds is 3. The first-order chi connectivity index (χ1) is 9.77.